The van der Waals surface area contributed by atoms with Crippen molar-refractivity contribution in [3.63, 3.8) is 0 Å². The fourth-order valence-electron chi connectivity index (χ4n) is 3.44. The molecule has 0 fully saturated rings. The molecule has 2 aromatic heterocycles. The first-order valence-electron chi connectivity index (χ1n) is 9.84. The molecule has 4 rings (SSSR count). The minimum absolute atomic E-state index is 0.124. The minimum atomic E-state index is -2.91. The smallest absolute Gasteiger partial charge is 0.387 e. The molecule has 0 aliphatic rings. The topological polar surface area (TPSA) is 69.1 Å². The fourth-order valence-corrected chi connectivity index (χ4v) is 3.44. The zero-order valence-electron chi connectivity index (χ0n) is 16.8. The molecule has 0 radical (unpaired) electrons. The van der Waals surface area contributed by atoms with Crippen LogP contribution >= 0.6 is 0 Å². The number of imidazole rings is 1. The van der Waals surface area contributed by atoms with Crippen LogP contribution in [0.25, 0.3) is 22.2 Å². The number of ether oxygens (including phenoxy) is 2. The van der Waals surface area contributed by atoms with Crippen molar-refractivity contribution in [3.8, 4) is 16.9 Å². The van der Waals surface area contributed by atoms with Crippen LogP contribution in [-0.2, 0) is 17.9 Å². The lowest BCUT2D eigenvalue weighted by Gasteiger charge is -2.14. The fraction of sp³-hybridized carbons (Fsp3) is 0.217. The second-order valence-corrected chi connectivity index (χ2v) is 6.88. The highest BCUT2D eigenvalue weighted by Crippen LogP contribution is 2.28. The maximum absolute atomic E-state index is 12.9. The Kier molecular flexibility index (Phi) is 6.08. The summed E-state index contributed by atoms with van der Waals surface area (Å²) in [5.74, 6) is 0.806. The summed E-state index contributed by atoms with van der Waals surface area (Å²) in [5, 5.41) is 0. The van der Waals surface area contributed by atoms with E-state index >= 15 is 0 Å². The van der Waals surface area contributed by atoms with Gasteiger partial charge in [-0.25, -0.2) is 4.98 Å². The molecule has 0 amide bonds. The van der Waals surface area contributed by atoms with E-state index in [0.29, 0.717) is 18.0 Å². The maximum Gasteiger partial charge on any atom is 0.387 e. The third kappa shape index (κ3) is 4.64. The number of nitrogens with one attached hydrogen (secondary N) is 1. The van der Waals surface area contributed by atoms with Gasteiger partial charge in [-0.05, 0) is 42.3 Å². The minimum Gasteiger partial charge on any atom is -0.434 e. The van der Waals surface area contributed by atoms with Crippen LogP contribution < -0.4 is 10.3 Å². The molecular formula is C23H21F2N3O3. The Balaban J connectivity index is 1.80. The van der Waals surface area contributed by atoms with E-state index in [4.69, 9.17) is 9.47 Å². The van der Waals surface area contributed by atoms with Gasteiger partial charge in [-0.15, -0.1) is 0 Å². The third-order valence-corrected chi connectivity index (χ3v) is 4.90. The number of nitrogens with zero attached hydrogens (tertiary/aromatic N) is 2. The van der Waals surface area contributed by atoms with Crippen LogP contribution in [0.4, 0.5) is 8.78 Å². The SMILES string of the molecule is CCOCc1nc2ccc(-c3ccc(=O)[nH]c3)cc2n1Cc1ccccc1OC(F)F. The predicted octanol–water partition coefficient (Wildman–Crippen LogP) is 4.58. The summed E-state index contributed by atoms with van der Waals surface area (Å²) in [7, 11) is 0. The van der Waals surface area contributed by atoms with Crippen molar-refractivity contribution in [2.45, 2.75) is 26.7 Å². The van der Waals surface area contributed by atoms with E-state index in [1.165, 1.54) is 12.1 Å². The van der Waals surface area contributed by atoms with E-state index in [-0.39, 0.29) is 24.5 Å². The summed E-state index contributed by atoms with van der Waals surface area (Å²) in [5.41, 5.74) is 3.76. The number of fused-ring (bicyclic) bond motifs is 1. The number of para-hydroxylation sites is 1. The van der Waals surface area contributed by atoms with E-state index in [0.717, 1.165) is 22.2 Å². The maximum atomic E-state index is 12.9. The van der Waals surface area contributed by atoms with Gasteiger partial charge in [0.15, 0.2) is 0 Å². The normalized spacial score (nSPS) is 11.4. The van der Waals surface area contributed by atoms with Crippen molar-refractivity contribution in [1.29, 1.82) is 0 Å². The van der Waals surface area contributed by atoms with Gasteiger partial charge >= 0.3 is 6.61 Å². The van der Waals surface area contributed by atoms with Gasteiger partial charge in [0.2, 0.25) is 5.56 Å². The molecule has 4 aromatic rings. The monoisotopic (exact) mass is 425 g/mol. The van der Waals surface area contributed by atoms with Gasteiger partial charge in [0.25, 0.3) is 0 Å². The van der Waals surface area contributed by atoms with Gasteiger partial charge in [-0.2, -0.15) is 8.78 Å². The van der Waals surface area contributed by atoms with Crippen molar-refractivity contribution >= 4 is 11.0 Å². The average molecular weight is 425 g/mol. The lowest BCUT2D eigenvalue weighted by atomic mass is 10.1. The lowest BCUT2D eigenvalue weighted by molar-refractivity contribution is -0.0504. The Bertz CT molecular complexity index is 1230. The second kappa shape index (κ2) is 9.09. The molecule has 1 N–H and O–H groups in total. The van der Waals surface area contributed by atoms with Crippen molar-refractivity contribution in [2.75, 3.05) is 6.61 Å². The standard InChI is InChI=1S/C23H21F2N3O3/c1-2-30-14-21-27-18-9-7-15(16-8-10-22(29)26-12-16)11-19(18)28(21)13-17-5-3-4-6-20(17)31-23(24)25/h3-12,23H,2,13-14H2,1H3,(H,26,29). The summed E-state index contributed by atoms with van der Waals surface area (Å²) in [6.45, 7) is 0.0909. The highest BCUT2D eigenvalue weighted by molar-refractivity contribution is 5.82. The number of rotatable bonds is 8. The molecule has 0 spiro atoms. The zero-order chi connectivity index (χ0) is 21.8. The van der Waals surface area contributed by atoms with Gasteiger partial charge in [-0.3, -0.25) is 4.79 Å². The molecule has 0 saturated carbocycles. The number of aromatic nitrogens is 3. The zero-order valence-corrected chi connectivity index (χ0v) is 16.8. The quantitative estimate of drug-likeness (QED) is 0.449. The molecule has 160 valence electrons. The summed E-state index contributed by atoms with van der Waals surface area (Å²) in [4.78, 5) is 18.7. The average Bonchev–Trinajstić information content (AvgIpc) is 3.10. The summed E-state index contributed by atoms with van der Waals surface area (Å²) >= 11 is 0. The van der Waals surface area contributed by atoms with E-state index in [9.17, 15) is 13.6 Å². The van der Waals surface area contributed by atoms with Crippen molar-refractivity contribution in [3.05, 3.63) is 82.5 Å². The molecule has 0 saturated heterocycles. The van der Waals surface area contributed by atoms with Gasteiger partial charge in [0.05, 0.1) is 17.6 Å². The van der Waals surface area contributed by atoms with Crippen LogP contribution in [0.5, 0.6) is 5.75 Å². The van der Waals surface area contributed by atoms with Crippen LogP contribution in [0.2, 0.25) is 0 Å². The van der Waals surface area contributed by atoms with Gasteiger partial charge in [0.1, 0.15) is 18.2 Å². The highest BCUT2D eigenvalue weighted by Gasteiger charge is 2.16. The Labute approximate surface area is 177 Å². The molecule has 6 nitrogen and oxygen atoms in total. The van der Waals surface area contributed by atoms with Crippen LogP contribution in [0.1, 0.15) is 18.3 Å². The number of benzene rings is 2. The number of alkyl halides is 2. The lowest BCUT2D eigenvalue weighted by Crippen LogP contribution is -2.10. The van der Waals surface area contributed by atoms with Gasteiger partial charge in [0, 0.05) is 24.4 Å². The molecule has 0 aliphatic heterocycles. The second-order valence-electron chi connectivity index (χ2n) is 6.88. The third-order valence-electron chi connectivity index (χ3n) is 4.90. The largest absolute Gasteiger partial charge is 0.434 e. The molecule has 2 aromatic carbocycles. The molecule has 0 aliphatic carbocycles. The van der Waals surface area contributed by atoms with E-state index in [1.807, 2.05) is 29.7 Å². The molecular weight excluding hydrogens is 404 g/mol. The highest BCUT2D eigenvalue weighted by atomic mass is 19.3. The van der Waals surface area contributed by atoms with E-state index in [1.54, 1.807) is 30.5 Å². The van der Waals surface area contributed by atoms with Crippen LogP contribution in [-0.4, -0.2) is 27.8 Å². The van der Waals surface area contributed by atoms with Crippen molar-refractivity contribution < 1.29 is 18.3 Å². The molecule has 31 heavy (non-hydrogen) atoms. The predicted molar refractivity (Wildman–Crippen MR) is 113 cm³/mol. The number of halogens is 2. The number of hydrogen-bond acceptors (Lipinski definition) is 4. The molecule has 0 unspecified atom stereocenters. The summed E-state index contributed by atoms with van der Waals surface area (Å²) in [6.07, 6.45) is 1.65. The molecule has 2 heterocycles. The van der Waals surface area contributed by atoms with Crippen LogP contribution in [0.15, 0.2) is 65.6 Å². The van der Waals surface area contributed by atoms with Crippen LogP contribution in [0, 0.1) is 0 Å². The van der Waals surface area contributed by atoms with Crippen molar-refractivity contribution in [2.24, 2.45) is 0 Å². The number of aromatic amines is 1. The summed E-state index contributed by atoms with van der Waals surface area (Å²) < 4.78 is 37.9. The Morgan fingerprint density at radius 2 is 1.90 bits per heavy atom. The Hall–Kier alpha value is -3.52. The molecule has 0 bridgehead atoms. The molecule has 8 heteroatoms. The molecule has 0 atom stereocenters. The first-order chi connectivity index (χ1) is 15.0. The Morgan fingerprint density at radius 1 is 1.10 bits per heavy atom. The van der Waals surface area contributed by atoms with Crippen molar-refractivity contribution in [1.82, 2.24) is 14.5 Å². The number of hydrogen-bond donors (Lipinski definition) is 1. The first kappa shape index (κ1) is 20.7. The summed E-state index contributed by atoms with van der Waals surface area (Å²) in [6, 6.07) is 15.7. The van der Waals surface area contributed by atoms with Gasteiger partial charge in [-0.1, -0.05) is 24.3 Å². The van der Waals surface area contributed by atoms with Crippen LogP contribution in [0.3, 0.4) is 0 Å². The van der Waals surface area contributed by atoms with Gasteiger partial charge < -0.3 is 19.0 Å². The van der Waals surface area contributed by atoms with E-state index in [2.05, 4.69) is 9.97 Å². The Morgan fingerprint density at radius 3 is 2.65 bits per heavy atom. The van der Waals surface area contributed by atoms with E-state index < -0.39 is 6.61 Å². The first-order valence-corrected chi connectivity index (χ1v) is 9.84. The number of H-pyrrole nitrogens is 1. The number of pyridine rings is 1.